The molecule has 0 aromatic carbocycles. The van der Waals surface area contributed by atoms with Crippen LogP contribution in [0.1, 0.15) is 13.8 Å². The molecule has 0 rings (SSSR count). The van der Waals surface area contributed by atoms with Crippen molar-refractivity contribution in [2.75, 3.05) is 13.2 Å². The molecule has 0 radical (unpaired) electrons. The van der Waals surface area contributed by atoms with E-state index in [1.807, 2.05) is 0 Å². The molecule has 0 amide bonds. The summed E-state index contributed by atoms with van der Waals surface area (Å²) in [5.74, 6) is -1.18. The fraction of sp³-hybridized carbons (Fsp3) is 0.400. The predicted octanol–water partition coefficient (Wildman–Crippen LogP) is 0.613. The van der Waals surface area contributed by atoms with E-state index in [-0.39, 0.29) is 18.8 Å². The third kappa shape index (κ3) is 3.53. The summed E-state index contributed by atoms with van der Waals surface area (Å²) in [5.41, 5.74) is 0.547. The minimum absolute atomic E-state index is 0.0200. The monoisotopic (exact) mass is 198 g/mol. The zero-order valence-electron chi connectivity index (χ0n) is 8.37. The van der Waals surface area contributed by atoms with Gasteiger partial charge < -0.3 is 9.84 Å². The molecule has 78 valence electrons. The van der Waals surface area contributed by atoms with Crippen molar-refractivity contribution in [2.45, 2.75) is 13.8 Å². The number of hydrogen-bond donors (Lipinski definition) is 1. The Morgan fingerprint density at radius 3 is 2.36 bits per heavy atom. The van der Waals surface area contributed by atoms with Crippen molar-refractivity contribution in [3.05, 3.63) is 23.8 Å². The van der Waals surface area contributed by atoms with Gasteiger partial charge in [0, 0.05) is 0 Å². The van der Waals surface area contributed by atoms with Crippen LogP contribution in [0.4, 0.5) is 0 Å². The molecule has 0 aliphatic carbocycles. The fourth-order valence-electron chi connectivity index (χ4n) is 0.864. The van der Waals surface area contributed by atoms with Crippen LogP contribution in [0.25, 0.3) is 0 Å². The number of allylic oxidation sites excluding steroid dienone is 2. The molecule has 0 aliphatic heterocycles. The van der Waals surface area contributed by atoms with Gasteiger partial charge in [-0.15, -0.1) is 0 Å². The van der Waals surface area contributed by atoms with Gasteiger partial charge in [0.15, 0.2) is 5.78 Å². The molecule has 0 heterocycles. The second-order valence-electron chi connectivity index (χ2n) is 2.80. The van der Waals surface area contributed by atoms with Gasteiger partial charge >= 0.3 is 5.97 Å². The smallest absolute Gasteiger partial charge is 0.342 e. The highest BCUT2D eigenvalue weighted by molar-refractivity contribution is 6.22. The molecular formula is C10H14O4. The number of ether oxygens (including phenoxy) is 1. The van der Waals surface area contributed by atoms with E-state index in [2.05, 4.69) is 11.3 Å². The van der Waals surface area contributed by atoms with Gasteiger partial charge in [0.25, 0.3) is 0 Å². The summed E-state index contributed by atoms with van der Waals surface area (Å²) in [6.45, 7) is 6.19. The van der Waals surface area contributed by atoms with Crippen molar-refractivity contribution >= 4 is 11.8 Å². The zero-order valence-corrected chi connectivity index (χ0v) is 8.37. The number of hydrogen-bond acceptors (Lipinski definition) is 4. The first-order valence-corrected chi connectivity index (χ1v) is 4.16. The molecule has 0 aliphatic rings. The van der Waals surface area contributed by atoms with Gasteiger partial charge in [0.1, 0.15) is 12.2 Å². The Kier molecular flexibility index (Phi) is 5.48. The molecule has 0 unspecified atom stereocenters. The third-order valence-corrected chi connectivity index (χ3v) is 1.46. The molecule has 1 N–H and O–H groups in total. The van der Waals surface area contributed by atoms with Crippen molar-refractivity contribution in [3.63, 3.8) is 0 Å². The average Bonchev–Trinajstić information content (AvgIpc) is 2.14. The van der Waals surface area contributed by atoms with Gasteiger partial charge in [0.05, 0.1) is 6.61 Å². The molecule has 0 bridgehead atoms. The Labute approximate surface area is 82.9 Å². The minimum Gasteiger partial charge on any atom is -0.460 e. The van der Waals surface area contributed by atoms with Gasteiger partial charge in [-0.25, -0.2) is 4.79 Å². The Hall–Kier alpha value is -1.42. The fourth-order valence-corrected chi connectivity index (χ4v) is 0.864. The molecule has 0 saturated carbocycles. The summed E-state index contributed by atoms with van der Waals surface area (Å²) < 4.78 is 4.62. The van der Waals surface area contributed by atoms with Crippen LogP contribution in [-0.2, 0) is 14.3 Å². The molecule has 4 nitrogen and oxygen atoms in total. The Bertz CT molecular complexity index is 272. The number of carbonyl (C=O) groups excluding carboxylic acids is 2. The van der Waals surface area contributed by atoms with Crippen LogP contribution >= 0.6 is 0 Å². The van der Waals surface area contributed by atoms with Crippen molar-refractivity contribution in [1.29, 1.82) is 0 Å². The van der Waals surface area contributed by atoms with Crippen LogP contribution in [0.5, 0.6) is 0 Å². The number of ketones is 1. The summed E-state index contributed by atoms with van der Waals surface area (Å²) in [7, 11) is 0. The van der Waals surface area contributed by atoms with Crippen molar-refractivity contribution in [3.8, 4) is 0 Å². The molecule has 0 aromatic heterocycles. The van der Waals surface area contributed by atoms with Crippen molar-refractivity contribution in [1.82, 2.24) is 0 Å². The van der Waals surface area contributed by atoms with Crippen LogP contribution in [0, 0.1) is 0 Å². The number of aliphatic hydroxyl groups is 1. The minimum atomic E-state index is -0.719. The molecule has 0 atom stereocenters. The van der Waals surface area contributed by atoms with E-state index in [9.17, 15) is 9.59 Å². The maximum absolute atomic E-state index is 11.3. The molecule has 0 fully saturated rings. The molecule has 0 saturated heterocycles. The Balaban J connectivity index is 4.70. The molecule has 0 aromatic rings. The van der Waals surface area contributed by atoms with Crippen LogP contribution < -0.4 is 0 Å². The zero-order chi connectivity index (χ0) is 11.1. The topological polar surface area (TPSA) is 63.6 Å². The number of carbonyl (C=O) groups is 2. The van der Waals surface area contributed by atoms with E-state index in [0.717, 1.165) is 6.08 Å². The summed E-state index contributed by atoms with van der Waals surface area (Å²) in [5, 5.41) is 8.43. The van der Waals surface area contributed by atoms with Gasteiger partial charge in [-0.05, 0) is 19.9 Å². The third-order valence-electron chi connectivity index (χ3n) is 1.46. The molecule has 4 heteroatoms. The second-order valence-corrected chi connectivity index (χ2v) is 2.80. The standard InChI is InChI=1S/C10H14O4/c1-4-8(12)9(7(2)3)10(13)14-6-5-11/h4,11H,1,5-6H2,2-3H3. The lowest BCUT2D eigenvalue weighted by molar-refractivity contribution is -0.141. The maximum atomic E-state index is 11.3. The van der Waals surface area contributed by atoms with E-state index in [1.165, 1.54) is 0 Å². The van der Waals surface area contributed by atoms with E-state index in [0.29, 0.717) is 5.57 Å². The van der Waals surface area contributed by atoms with Gasteiger partial charge in [-0.3, -0.25) is 4.79 Å². The van der Waals surface area contributed by atoms with Gasteiger partial charge in [0.2, 0.25) is 0 Å². The summed E-state index contributed by atoms with van der Waals surface area (Å²) in [6.07, 6.45) is 1.06. The van der Waals surface area contributed by atoms with E-state index in [4.69, 9.17) is 5.11 Å². The quantitative estimate of drug-likeness (QED) is 0.304. The first-order chi connectivity index (χ1) is 6.54. The lowest BCUT2D eigenvalue weighted by Gasteiger charge is -2.05. The van der Waals surface area contributed by atoms with Crippen molar-refractivity contribution < 1.29 is 19.4 Å². The van der Waals surface area contributed by atoms with E-state index < -0.39 is 11.8 Å². The summed E-state index contributed by atoms with van der Waals surface area (Å²) in [4.78, 5) is 22.5. The summed E-state index contributed by atoms with van der Waals surface area (Å²) >= 11 is 0. The normalized spacial score (nSPS) is 9.07. The lowest BCUT2D eigenvalue weighted by atomic mass is 10.1. The average molecular weight is 198 g/mol. The van der Waals surface area contributed by atoms with Crippen LogP contribution in [-0.4, -0.2) is 30.1 Å². The number of esters is 1. The van der Waals surface area contributed by atoms with Crippen molar-refractivity contribution in [2.24, 2.45) is 0 Å². The van der Waals surface area contributed by atoms with Gasteiger partial charge in [-0.1, -0.05) is 12.2 Å². The molecule has 0 spiro atoms. The van der Waals surface area contributed by atoms with Crippen LogP contribution in [0.3, 0.4) is 0 Å². The van der Waals surface area contributed by atoms with Crippen LogP contribution in [0.2, 0.25) is 0 Å². The SMILES string of the molecule is C=CC(=O)C(C(=O)OCCO)=C(C)C. The molecule has 14 heavy (non-hydrogen) atoms. The molecular weight excluding hydrogens is 184 g/mol. The largest absolute Gasteiger partial charge is 0.460 e. The Morgan fingerprint density at radius 2 is 2.00 bits per heavy atom. The first kappa shape index (κ1) is 12.6. The predicted molar refractivity (Wildman–Crippen MR) is 51.6 cm³/mol. The van der Waals surface area contributed by atoms with E-state index in [1.54, 1.807) is 13.8 Å². The number of aliphatic hydroxyl groups excluding tert-OH is 1. The lowest BCUT2D eigenvalue weighted by Crippen LogP contribution is -2.17. The second kappa shape index (κ2) is 6.10. The highest BCUT2D eigenvalue weighted by Crippen LogP contribution is 2.07. The highest BCUT2D eigenvalue weighted by atomic mass is 16.5. The maximum Gasteiger partial charge on any atom is 0.342 e. The summed E-state index contributed by atoms with van der Waals surface area (Å²) in [6, 6.07) is 0. The van der Waals surface area contributed by atoms with Gasteiger partial charge in [-0.2, -0.15) is 0 Å². The first-order valence-electron chi connectivity index (χ1n) is 4.16. The number of rotatable bonds is 5. The van der Waals surface area contributed by atoms with E-state index >= 15 is 0 Å². The highest BCUT2D eigenvalue weighted by Gasteiger charge is 2.18. The Morgan fingerprint density at radius 1 is 1.43 bits per heavy atom. The van der Waals surface area contributed by atoms with Crippen LogP contribution in [0.15, 0.2) is 23.8 Å².